The Morgan fingerprint density at radius 3 is 2.58 bits per heavy atom. The van der Waals surface area contributed by atoms with Crippen LogP contribution in [0.2, 0.25) is 5.02 Å². The summed E-state index contributed by atoms with van der Waals surface area (Å²) in [5.74, 6) is 1.30. The molecule has 2 aromatic carbocycles. The molecule has 5 nitrogen and oxygen atoms in total. The van der Waals surface area contributed by atoms with Crippen molar-refractivity contribution >= 4 is 23.4 Å². The number of pyridine rings is 1. The summed E-state index contributed by atoms with van der Waals surface area (Å²) < 4.78 is 16.1. The van der Waals surface area contributed by atoms with Gasteiger partial charge in [-0.3, -0.25) is 14.5 Å². The zero-order valence-electron chi connectivity index (χ0n) is 16.9. The third-order valence-corrected chi connectivity index (χ3v) is 5.93. The molecule has 0 saturated heterocycles. The largest absolute Gasteiger partial charge is 0.295 e. The van der Waals surface area contributed by atoms with Gasteiger partial charge in [0.05, 0.1) is 12.2 Å². The maximum absolute atomic E-state index is 14.1. The van der Waals surface area contributed by atoms with Crippen molar-refractivity contribution in [3.05, 3.63) is 101 Å². The number of aromatic nitrogens is 4. The van der Waals surface area contributed by atoms with Crippen molar-refractivity contribution in [2.24, 2.45) is 0 Å². The van der Waals surface area contributed by atoms with Crippen LogP contribution in [-0.2, 0) is 18.8 Å². The van der Waals surface area contributed by atoms with Crippen LogP contribution in [0.15, 0.2) is 78.2 Å². The molecule has 2 heterocycles. The Hall–Kier alpha value is -2.74. The van der Waals surface area contributed by atoms with E-state index in [1.807, 2.05) is 59.0 Å². The molecule has 0 aliphatic carbocycles. The Bertz CT molecular complexity index is 1150. The minimum Gasteiger partial charge on any atom is -0.295 e. The van der Waals surface area contributed by atoms with Gasteiger partial charge in [-0.25, -0.2) is 4.39 Å². The number of halogens is 2. The van der Waals surface area contributed by atoms with Crippen molar-refractivity contribution < 1.29 is 4.39 Å². The third kappa shape index (κ3) is 5.50. The maximum atomic E-state index is 14.1. The zero-order chi connectivity index (χ0) is 21.6. The Kier molecular flexibility index (Phi) is 6.96. The lowest BCUT2D eigenvalue weighted by Gasteiger charge is -2.18. The van der Waals surface area contributed by atoms with Crippen molar-refractivity contribution in [1.29, 1.82) is 0 Å². The first-order valence-electron chi connectivity index (χ1n) is 9.74. The fourth-order valence-electron chi connectivity index (χ4n) is 3.21. The predicted molar refractivity (Wildman–Crippen MR) is 122 cm³/mol. The molecule has 0 bridgehead atoms. The van der Waals surface area contributed by atoms with Crippen molar-refractivity contribution in [1.82, 2.24) is 24.6 Å². The Morgan fingerprint density at radius 2 is 1.81 bits per heavy atom. The molecule has 158 valence electrons. The van der Waals surface area contributed by atoms with Gasteiger partial charge in [-0.15, -0.1) is 10.2 Å². The van der Waals surface area contributed by atoms with E-state index in [9.17, 15) is 4.39 Å². The average molecular weight is 454 g/mol. The molecule has 31 heavy (non-hydrogen) atoms. The number of hydrogen-bond donors (Lipinski definition) is 0. The zero-order valence-corrected chi connectivity index (χ0v) is 18.5. The second-order valence-corrected chi connectivity index (χ2v) is 8.50. The summed E-state index contributed by atoms with van der Waals surface area (Å²) in [6, 6.07) is 18.4. The molecule has 0 atom stereocenters. The van der Waals surface area contributed by atoms with Crippen LogP contribution in [0.3, 0.4) is 0 Å². The highest BCUT2D eigenvalue weighted by atomic mass is 35.5. The number of benzene rings is 2. The lowest BCUT2D eigenvalue weighted by Crippen LogP contribution is -2.20. The lowest BCUT2D eigenvalue weighted by molar-refractivity contribution is 0.303. The van der Waals surface area contributed by atoms with Crippen LogP contribution in [0.4, 0.5) is 4.39 Å². The maximum Gasteiger partial charge on any atom is 0.196 e. The third-order valence-electron chi connectivity index (χ3n) is 4.69. The number of nitrogens with zero attached hydrogens (tertiary/aromatic N) is 5. The van der Waals surface area contributed by atoms with Crippen LogP contribution in [0.5, 0.6) is 0 Å². The van der Waals surface area contributed by atoms with Crippen LogP contribution in [0, 0.1) is 5.82 Å². The molecule has 4 aromatic rings. The van der Waals surface area contributed by atoms with Gasteiger partial charge in [0.15, 0.2) is 11.0 Å². The van der Waals surface area contributed by atoms with E-state index in [4.69, 9.17) is 11.6 Å². The Morgan fingerprint density at radius 1 is 1.00 bits per heavy atom. The van der Waals surface area contributed by atoms with E-state index >= 15 is 0 Å². The highest BCUT2D eigenvalue weighted by Gasteiger charge is 2.17. The first-order valence-corrected chi connectivity index (χ1v) is 11.1. The number of thioether (sulfide) groups is 1. The molecule has 0 aliphatic heterocycles. The van der Waals surface area contributed by atoms with Gasteiger partial charge >= 0.3 is 0 Å². The van der Waals surface area contributed by atoms with Crippen LogP contribution in [0.1, 0.15) is 17.0 Å². The van der Waals surface area contributed by atoms with E-state index < -0.39 is 0 Å². The average Bonchev–Trinajstić information content (AvgIpc) is 3.17. The minimum absolute atomic E-state index is 0.209. The summed E-state index contributed by atoms with van der Waals surface area (Å²) in [5.41, 5.74) is 2.69. The van der Waals surface area contributed by atoms with E-state index in [2.05, 4.69) is 15.2 Å². The summed E-state index contributed by atoms with van der Waals surface area (Å²) >= 11 is 7.85. The van der Waals surface area contributed by atoms with Crippen molar-refractivity contribution in [2.45, 2.75) is 24.0 Å². The van der Waals surface area contributed by atoms with Gasteiger partial charge in [0.25, 0.3) is 0 Å². The smallest absolute Gasteiger partial charge is 0.196 e. The van der Waals surface area contributed by atoms with Crippen LogP contribution < -0.4 is 0 Å². The van der Waals surface area contributed by atoms with Crippen molar-refractivity contribution in [2.75, 3.05) is 7.05 Å². The Labute approximate surface area is 189 Å². The summed E-state index contributed by atoms with van der Waals surface area (Å²) in [6.07, 6.45) is 3.56. The second kappa shape index (κ2) is 10.0. The van der Waals surface area contributed by atoms with E-state index in [0.29, 0.717) is 23.7 Å². The van der Waals surface area contributed by atoms with Gasteiger partial charge in [-0.1, -0.05) is 47.6 Å². The predicted octanol–water partition coefficient (Wildman–Crippen LogP) is 5.38. The highest BCUT2D eigenvalue weighted by molar-refractivity contribution is 7.98. The van der Waals surface area contributed by atoms with Gasteiger partial charge in [-0.05, 0) is 49.0 Å². The monoisotopic (exact) mass is 453 g/mol. The number of rotatable bonds is 8. The first-order chi connectivity index (χ1) is 15.1. The SMILES string of the molecule is CN(Cc1ccccc1F)Cc1nnc(SCc2ccncc2)n1-c1cccc(Cl)c1. The first kappa shape index (κ1) is 21.5. The quantitative estimate of drug-likeness (QED) is 0.335. The fraction of sp³-hybridized carbons (Fsp3) is 0.174. The highest BCUT2D eigenvalue weighted by Crippen LogP contribution is 2.27. The standard InChI is InChI=1S/C23H21ClFN5S/c1-29(14-18-5-2-3-8-21(18)25)15-22-27-28-23(31-16-17-9-11-26-12-10-17)30(22)20-7-4-6-19(24)13-20/h2-13H,14-16H2,1H3. The summed E-state index contributed by atoms with van der Waals surface area (Å²) in [5, 5.41) is 10.3. The normalized spacial score (nSPS) is 11.2. The molecule has 4 rings (SSSR count). The molecule has 0 spiro atoms. The van der Waals surface area contributed by atoms with Gasteiger partial charge in [-0.2, -0.15) is 0 Å². The lowest BCUT2D eigenvalue weighted by atomic mass is 10.2. The van der Waals surface area contributed by atoms with Crippen LogP contribution in [-0.4, -0.2) is 31.7 Å². The Balaban J connectivity index is 1.59. The number of hydrogen-bond acceptors (Lipinski definition) is 5. The van der Waals surface area contributed by atoms with E-state index in [1.54, 1.807) is 36.3 Å². The molecule has 0 aliphatic rings. The van der Waals surface area contributed by atoms with E-state index in [-0.39, 0.29) is 5.82 Å². The molecular formula is C23H21ClFN5S. The van der Waals surface area contributed by atoms with E-state index in [1.165, 1.54) is 6.07 Å². The molecule has 0 unspecified atom stereocenters. The van der Waals surface area contributed by atoms with Crippen molar-refractivity contribution in [3.63, 3.8) is 0 Å². The molecule has 0 radical (unpaired) electrons. The van der Waals surface area contributed by atoms with Gasteiger partial charge in [0.1, 0.15) is 5.82 Å². The molecule has 8 heteroatoms. The summed E-state index contributed by atoms with van der Waals surface area (Å²) in [7, 11) is 1.94. The summed E-state index contributed by atoms with van der Waals surface area (Å²) in [6.45, 7) is 0.970. The minimum atomic E-state index is -0.209. The van der Waals surface area contributed by atoms with Gasteiger partial charge in [0.2, 0.25) is 0 Å². The summed E-state index contributed by atoms with van der Waals surface area (Å²) in [4.78, 5) is 6.08. The molecular weight excluding hydrogens is 433 g/mol. The van der Waals surface area contributed by atoms with Crippen LogP contribution in [0.25, 0.3) is 5.69 Å². The topological polar surface area (TPSA) is 46.8 Å². The molecule has 0 saturated carbocycles. The molecule has 0 fully saturated rings. The van der Waals surface area contributed by atoms with Crippen LogP contribution >= 0.6 is 23.4 Å². The molecule has 0 N–H and O–H groups in total. The molecule has 0 amide bonds. The van der Waals surface area contributed by atoms with Gasteiger partial charge < -0.3 is 0 Å². The van der Waals surface area contributed by atoms with Gasteiger partial charge in [0, 0.05) is 35.3 Å². The van der Waals surface area contributed by atoms with Crippen molar-refractivity contribution in [3.8, 4) is 5.69 Å². The second-order valence-electron chi connectivity index (χ2n) is 7.12. The fourth-order valence-corrected chi connectivity index (χ4v) is 4.32. The van der Waals surface area contributed by atoms with E-state index in [0.717, 1.165) is 28.0 Å². The molecule has 2 aromatic heterocycles.